The minimum atomic E-state index is -0.592. The SMILES string of the molecule is CC1CCCCC1NCC1CCCC1C(=O)O. The normalized spacial score (nSPS) is 38.2. The summed E-state index contributed by atoms with van der Waals surface area (Å²) in [6, 6.07) is 0.624. The van der Waals surface area contributed by atoms with Crippen molar-refractivity contribution >= 4 is 5.97 Å². The van der Waals surface area contributed by atoms with Gasteiger partial charge < -0.3 is 10.4 Å². The van der Waals surface area contributed by atoms with Crippen molar-refractivity contribution in [1.29, 1.82) is 0 Å². The molecule has 0 bridgehead atoms. The highest BCUT2D eigenvalue weighted by Gasteiger charge is 2.33. The van der Waals surface area contributed by atoms with Crippen LogP contribution in [0.1, 0.15) is 51.9 Å². The Hall–Kier alpha value is -0.570. The number of rotatable bonds is 4. The third-order valence-electron chi connectivity index (χ3n) is 4.73. The third-order valence-corrected chi connectivity index (χ3v) is 4.73. The van der Waals surface area contributed by atoms with E-state index in [1.807, 2.05) is 0 Å². The maximum atomic E-state index is 11.1. The fourth-order valence-electron chi connectivity index (χ4n) is 3.53. The van der Waals surface area contributed by atoms with Gasteiger partial charge >= 0.3 is 5.97 Å². The Kier molecular flexibility index (Phi) is 4.43. The van der Waals surface area contributed by atoms with E-state index in [4.69, 9.17) is 5.11 Å². The highest BCUT2D eigenvalue weighted by Crippen LogP contribution is 2.32. The first kappa shape index (κ1) is 12.9. The second kappa shape index (κ2) is 5.85. The molecule has 3 heteroatoms. The standard InChI is InChI=1S/C14H25NO2/c1-10-5-2-3-8-13(10)15-9-11-6-4-7-12(11)14(16)17/h10-13,15H,2-9H2,1H3,(H,16,17). The Morgan fingerprint density at radius 3 is 2.65 bits per heavy atom. The molecule has 0 aliphatic heterocycles. The number of carbonyl (C=O) groups is 1. The largest absolute Gasteiger partial charge is 0.481 e. The lowest BCUT2D eigenvalue weighted by Gasteiger charge is -2.31. The summed E-state index contributed by atoms with van der Waals surface area (Å²) in [4.78, 5) is 11.1. The number of hydrogen-bond donors (Lipinski definition) is 2. The maximum Gasteiger partial charge on any atom is 0.306 e. The van der Waals surface area contributed by atoms with Gasteiger partial charge in [-0.2, -0.15) is 0 Å². The van der Waals surface area contributed by atoms with Gasteiger partial charge in [0.05, 0.1) is 5.92 Å². The molecule has 0 aromatic heterocycles. The van der Waals surface area contributed by atoms with Crippen molar-refractivity contribution in [2.24, 2.45) is 17.8 Å². The quantitative estimate of drug-likeness (QED) is 0.793. The van der Waals surface area contributed by atoms with E-state index in [0.29, 0.717) is 12.0 Å². The monoisotopic (exact) mass is 239 g/mol. The van der Waals surface area contributed by atoms with E-state index >= 15 is 0 Å². The third kappa shape index (κ3) is 3.21. The van der Waals surface area contributed by atoms with Gasteiger partial charge in [0.25, 0.3) is 0 Å². The first-order valence-electron chi connectivity index (χ1n) is 7.14. The summed E-state index contributed by atoms with van der Waals surface area (Å²) in [6.07, 6.45) is 8.34. The molecule has 2 saturated carbocycles. The van der Waals surface area contributed by atoms with Crippen LogP contribution in [0, 0.1) is 17.8 Å². The molecular formula is C14H25NO2. The Bertz CT molecular complexity index is 267. The lowest BCUT2D eigenvalue weighted by molar-refractivity contribution is -0.142. The van der Waals surface area contributed by atoms with Crippen LogP contribution in [0.4, 0.5) is 0 Å². The zero-order valence-corrected chi connectivity index (χ0v) is 10.8. The average Bonchev–Trinajstić information content (AvgIpc) is 2.76. The van der Waals surface area contributed by atoms with Gasteiger partial charge in [0, 0.05) is 6.04 Å². The highest BCUT2D eigenvalue weighted by atomic mass is 16.4. The summed E-state index contributed by atoms with van der Waals surface area (Å²) in [5, 5.41) is 12.8. The van der Waals surface area contributed by atoms with Crippen LogP contribution in [0.25, 0.3) is 0 Å². The summed E-state index contributed by atoms with van der Waals surface area (Å²) < 4.78 is 0. The fraction of sp³-hybridized carbons (Fsp3) is 0.929. The number of hydrogen-bond acceptors (Lipinski definition) is 2. The molecule has 0 spiro atoms. The van der Waals surface area contributed by atoms with Crippen molar-refractivity contribution in [1.82, 2.24) is 5.32 Å². The van der Waals surface area contributed by atoms with Crippen LogP contribution in [0.15, 0.2) is 0 Å². The molecule has 0 saturated heterocycles. The van der Waals surface area contributed by atoms with E-state index in [1.54, 1.807) is 0 Å². The van der Waals surface area contributed by atoms with E-state index in [-0.39, 0.29) is 5.92 Å². The van der Waals surface area contributed by atoms with Gasteiger partial charge in [0.1, 0.15) is 0 Å². The molecule has 2 aliphatic carbocycles. The summed E-state index contributed by atoms with van der Waals surface area (Å²) >= 11 is 0. The van der Waals surface area contributed by atoms with Crippen molar-refractivity contribution in [3.8, 4) is 0 Å². The topological polar surface area (TPSA) is 49.3 Å². The summed E-state index contributed by atoms with van der Waals surface area (Å²) in [5.41, 5.74) is 0. The Morgan fingerprint density at radius 1 is 1.18 bits per heavy atom. The molecule has 4 unspecified atom stereocenters. The molecule has 0 amide bonds. The van der Waals surface area contributed by atoms with E-state index in [2.05, 4.69) is 12.2 Å². The van der Waals surface area contributed by atoms with E-state index in [0.717, 1.165) is 31.7 Å². The van der Waals surface area contributed by atoms with Crippen molar-refractivity contribution in [3.05, 3.63) is 0 Å². The van der Waals surface area contributed by atoms with Gasteiger partial charge in [0.2, 0.25) is 0 Å². The van der Waals surface area contributed by atoms with Gasteiger partial charge in [0.15, 0.2) is 0 Å². The van der Waals surface area contributed by atoms with Crippen LogP contribution >= 0.6 is 0 Å². The lowest BCUT2D eigenvalue weighted by atomic mass is 9.85. The maximum absolute atomic E-state index is 11.1. The summed E-state index contributed by atoms with van der Waals surface area (Å²) in [6.45, 7) is 3.23. The predicted molar refractivity (Wildman–Crippen MR) is 67.9 cm³/mol. The summed E-state index contributed by atoms with van der Waals surface area (Å²) in [5.74, 6) is 0.433. The minimum Gasteiger partial charge on any atom is -0.481 e. The average molecular weight is 239 g/mol. The van der Waals surface area contributed by atoms with Crippen molar-refractivity contribution < 1.29 is 9.90 Å². The first-order chi connectivity index (χ1) is 8.18. The molecule has 2 rings (SSSR count). The Balaban J connectivity index is 1.78. The summed E-state index contributed by atoms with van der Waals surface area (Å²) in [7, 11) is 0. The molecule has 0 aromatic rings. The van der Waals surface area contributed by atoms with Gasteiger partial charge in [-0.25, -0.2) is 0 Å². The molecule has 2 aliphatic rings. The Labute approximate surface area is 104 Å². The molecule has 0 aromatic carbocycles. The fourth-order valence-corrected chi connectivity index (χ4v) is 3.53. The van der Waals surface area contributed by atoms with Crippen LogP contribution in [0.5, 0.6) is 0 Å². The smallest absolute Gasteiger partial charge is 0.306 e. The predicted octanol–water partition coefficient (Wildman–Crippen LogP) is 2.66. The lowest BCUT2D eigenvalue weighted by Crippen LogP contribution is -2.41. The van der Waals surface area contributed by atoms with Gasteiger partial charge in [-0.1, -0.05) is 26.2 Å². The van der Waals surface area contributed by atoms with Crippen molar-refractivity contribution in [3.63, 3.8) is 0 Å². The van der Waals surface area contributed by atoms with Crippen LogP contribution in [0.2, 0.25) is 0 Å². The molecule has 0 radical (unpaired) electrons. The van der Waals surface area contributed by atoms with Crippen molar-refractivity contribution in [2.45, 2.75) is 57.9 Å². The van der Waals surface area contributed by atoms with E-state index in [9.17, 15) is 4.79 Å². The zero-order valence-electron chi connectivity index (χ0n) is 10.8. The number of aliphatic carboxylic acids is 1. The van der Waals surface area contributed by atoms with Crippen LogP contribution in [-0.2, 0) is 4.79 Å². The molecule has 98 valence electrons. The zero-order chi connectivity index (χ0) is 12.3. The second-order valence-corrected chi connectivity index (χ2v) is 5.91. The molecule has 3 nitrogen and oxygen atoms in total. The molecule has 2 fully saturated rings. The molecule has 2 N–H and O–H groups in total. The number of nitrogens with one attached hydrogen (secondary N) is 1. The van der Waals surface area contributed by atoms with Crippen LogP contribution in [0.3, 0.4) is 0 Å². The molecule has 0 heterocycles. The Morgan fingerprint density at radius 2 is 1.94 bits per heavy atom. The number of carboxylic acids is 1. The molecular weight excluding hydrogens is 214 g/mol. The molecule has 4 atom stereocenters. The van der Waals surface area contributed by atoms with Gasteiger partial charge in [-0.3, -0.25) is 4.79 Å². The van der Waals surface area contributed by atoms with E-state index < -0.39 is 5.97 Å². The van der Waals surface area contributed by atoms with Gasteiger partial charge in [-0.15, -0.1) is 0 Å². The van der Waals surface area contributed by atoms with Crippen LogP contribution in [-0.4, -0.2) is 23.7 Å². The van der Waals surface area contributed by atoms with Crippen molar-refractivity contribution in [2.75, 3.05) is 6.54 Å². The van der Waals surface area contributed by atoms with E-state index in [1.165, 1.54) is 25.7 Å². The van der Waals surface area contributed by atoms with Gasteiger partial charge in [-0.05, 0) is 44.1 Å². The number of carboxylic acid groups (broad SMARTS) is 1. The minimum absolute atomic E-state index is 0.0959. The second-order valence-electron chi connectivity index (χ2n) is 5.91. The highest BCUT2D eigenvalue weighted by molar-refractivity contribution is 5.70. The molecule has 17 heavy (non-hydrogen) atoms. The first-order valence-corrected chi connectivity index (χ1v) is 7.14. The van der Waals surface area contributed by atoms with Crippen LogP contribution < -0.4 is 5.32 Å².